The van der Waals surface area contributed by atoms with E-state index in [-0.39, 0.29) is 16.1 Å². The van der Waals surface area contributed by atoms with Crippen LogP contribution in [0.25, 0.3) is 0 Å². The van der Waals surface area contributed by atoms with Gasteiger partial charge in [-0.1, -0.05) is 0 Å². The topological polar surface area (TPSA) is 44.7 Å². The third-order valence-electron chi connectivity index (χ3n) is 4.84. The molecule has 1 saturated heterocycles. The van der Waals surface area contributed by atoms with Crippen molar-refractivity contribution in [1.82, 2.24) is 10.2 Å². The quantitative estimate of drug-likeness (QED) is 0.516. The summed E-state index contributed by atoms with van der Waals surface area (Å²) in [6.07, 6.45) is 3.71. The Morgan fingerprint density at radius 2 is 2.04 bits per heavy atom. The lowest BCUT2D eigenvalue weighted by atomic mass is 9.95. The van der Waals surface area contributed by atoms with Gasteiger partial charge in [0, 0.05) is 16.7 Å². The summed E-state index contributed by atoms with van der Waals surface area (Å²) >= 11 is 5.18. The van der Waals surface area contributed by atoms with E-state index in [9.17, 15) is 13.6 Å². The van der Waals surface area contributed by atoms with Crippen LogP contribution in [0.1, 0.15) is 18.4 Å². The number of carbonyl (C=O) groups excluding carboxylic acids is 1. The number of amides is 1. The number of rotatable bonds is 5. The van der Waals surface area contributed by atoms with E-state index in [1.165, 1.54) is 18.9 Å². The van der Waals surface area contributed by atoms with Gasteiger partial charge in [0.25, 0.3) is 0 Å². The Hall–Kier alpha value is -1.13. The first-order valence-corrected chi connectivity index (χ1v) is 11.0. The number of carbonyl (C=O) groups is 1. The number of aliphatic imine (C=N–C) groups is 1. The molecule has 3 rings (SSSR count). The van der Waals surface area contributed by atoms with E-state index in [0.717, 1.165) is 28.8 Å². The van der Waals surface area contributed by atoms with Gasteiger partial charge in [0.1, 0.15) is 5.92 Å². The molecule has 28 heavy (non-hydrogen) atoms. The summed E-state index contributed by atoms with van der Waals surface area (Å²) in [7, 11) is 0. The Morgan fingerprint density at radius 1 is 1.32 bits per heavy atom. The zero-order valence-electron chi connectivity index (χ0n) is 15.4. The molecule has 8 heteroatoms. The van der Waals surface area contributed by atoms with E-state index in [2.05, 4.69) is 53.7 Å². The number of likely N-dealkylation sites (tertiary alicyclic amines) is 1. The van der Waals surface area contributed by atoms with Crippen LogP contribution in [0.15, 0.2) is 45.4 Å². The largest absolute Gasteiger partial charge is 0.354 e. The first-order valence-electron chi connectivity index (χ1n) is 9.15. The third kappa shape index (κ3) is 5.07. The molecule has 150 valence electrons. The van der Waals surface area contributed by atoms with Gasteiger partial charge >= 0.3 is 0 Å². The van der Waals surface area contributed by atoms with Crippen molar-refractivity contribution in [1.29, 1.82) is 0 Å². The van der Waals surface area contributed by atoms with Crippen LogP contribution in [-0.4, -0.2) is 42.7 Å². The van der Waals surface area contributed by atoms with Gasteiger partial charge in [-0.3, -0.25) is 4.79 Å². The van der Waals surface area contributed by atoms with Crippen molar-refractivity contribution in [3.05, 3.63) is 49.5 Å². The standard InChI is InChI=1S/C20H21BrF2IN3O/c1-12-10-13(24)4-5-16(12)26-19-14(11-15(21)17(22)18(19)23)20(28)25-6-9-27-7-2-3-8-27/h4-5,10-11,14H,2-3,6-9H2,1H3,(H,25,28). The first kappa shape index (κ1) is 21.6. The molecular formula is C20H21BrF2IN3O. The molecule has 1 aliphatic heterocycles. The van der Waals surface area contributed by atoms with Crippen molar-refractivity contribution in [2.24, 2.45) is 10.9 Å². The van der Waals surface area contributed by atoms with E-state index in [1.54, 1.807) is 6.07 Å². The smallest absolute Gasteiger partial charge is 0.233 e. The van der Waals surface area contributed by atoms with E-state index in [0.29, 0.717) is 12.2 Å². The van der Waals surface area contributed by atoms with Crippen LogP contribution in [0, 0.1) is 16.4 Å². The molecule has 1 N–H and O–H groups in total. The van der Waals surface area contributed by atoms with E-state index in [1.807, 2.05) is 19.1 Å². The Labute approximate surface area is 185 Å². The van der Waals surface area contributed by atoms with E-state index < -0.39 is 17.6 Å². The Balaban J connectivity index is 1.82. The minimum Gasteiger partial charge on any atom is -0.354 e. The van der Waals surface area contributed by atoms with Crippen LogP contribution in [0.5, 0.6) is 0 Å². The SMILES string of the molecule is Cc1cc(I)ccc1N=C1C(F)=C(F)C(Br)=CC1C(=O)NCCN1CCCC1. The molecule has 1 unspecified atom stereocenters. The Morgan fingerprint density at radius 3 is 2.71 bits per heavy atom. The molecule has 1 aromatic rings. The van der Waals surface area contributed by atoms with Gasteiger partial charge in [0.15, 0.2) is 11.7 Å². The summed E-state index contributed by atoms with van der Waals surface area (Å²) in [5.41, 5.74) is 1.14. The second-order valence-corrected chi connectivity index (χ2v) is 8.99. The second kappa shape index (κ2) is 9.58. The summed E-state index contributed by atoms with van der Waals surface area (Å²) < 4.78 is 29.8. The van der Waals surface area contributed by atoms with Gasteiger partial charge in [-0.15, -0.1) is 0 Å². The average molecular weight is 564 g/mol. The molecule has 0 aromatic heterocycles. The van der Waals surface area contributed by atoms with Crippen LogP contribution < -0.4 is 5.32 Å². The van der Waals surface area contributed by atoms with Crippen LogP contribution in [0.3, 0.4) is 0 Å². The fourth-order valence-electron chi connectivity index (χ4n) is 3.30. The van der Waals surface area contributed by atoms with Gasteiger partial charge < -0.3 is 10.2 Å². The molecule has 0 bridgehead atoms. The normalized spacial score (nSPS) is 22.0. The zero-order valence-corrected chi connectivity index (χ0v) is 19.2. The molecule has 1 aliphatic carbocycles. The molecule has 1 amide bonds. The highest BCUT2D eigenvalue weighted by Gasteiger charge is 2.33. The van der Waals surface area contributed by atoms with E-state index in [4.69, 9.17) is 0 Å². The lowest BCUT2D eigenvalue weighted by Crippen LogP contribution is -2.39. The summed E-state index contributed by atoms with van der Waals surface area (Å²) in [6, 6.07) is 5.48. The Bertz CT molecular complexity index is 863. The monoisotopic (exact) mass is 563 g/mol. The highest BCUT2D eigenvalue weighted by Crippen LogP contribution is 2.34. The van der Waals surface area contributed by atoms with Crippen molar-refractivity contribution < 1.29 is 13.6 Å². The van der Waals surface area contributed by atoms with Crippen LogP contribution in [-0.2, 0) is 4.79 Å². The lowest BCUT2D eigenvalue weighted by molar-refractivity contribution is -0.122. The highest BCUT2D eigenvalue weighted by molar-refractivity contribution is 14.1. The Kier molecular flexibility index (Phi) is 7.38. The fraction of sp³-hybridized carbons (Fsp3) is 0.400. The van der Waals surface area contributed by atoms with Crippen molar-refractivity contribution in [3.8, 4) is 0 Å². The number of benzene rings is 1. The molecule has 4 nitrogen and oxygen atoms in total. The van der Waals surface area contributed by atoms with Crippen molar-refractivity contribution in [2.75, 3.05) is 26.2 Å². The maximum absolute atomic E-state index is 14.7. The molecule has 1 atom stereocenters. The number of hydrogen-bond donors (Lipinski definition) is 1. The number of aryl methyl sites for hydroxylation is 1. The molecule has 0 saturated carbocycles. The molecule has 0 spiro atoms. The number of halogens is 4. The third-order valence-corrected chi connectivity index (χ3v) is 6.13. The van der Waals surface area contributed by atoms with Crippen molar-refractivity contribution in [3.63, 3.8) is 0 Å². The predicted octanol–water partition coefficient (Wildman–Crippen LogP) is 4.94. The van der Waals surface area contributed by atoms with Crippen LogP contribution in [0.2, 0.25) is 0 Å². The summed E-state index contributed by atoms with van der Waals surface area (Å²) in [6.45, 7) is 5.13. The van der Waals surface area contributed by atoms with Gasteiger partial charge in [-0.05, 0) is 101 Å². The van der Waals surface area contributed by atoms with Gasteiger partial charge in [0.2, 0.25) is 5.91 Å². The van der Waals surface area contributed by atoms with Crippen molar-refractivity contribution >= 4 is 55.8 Å². The van der Waals surface area contributed by atoms with Gasteiger partial charge in [-0.2, -0.15) is 0 Å². The number of hydrogen-bond acceptors (Lipinski definition) is 3. The van der Waals surface area contributed by atoms with Gasteiger partial charge in [0.05, 0.1) is 15.9 Å². The summed E-state index contributed by atoms with van der Waals surface area (Å²) in [5.74, 6) is -3.53. The molecule has 2 aliphatic rings. The molecule has 1 heterocycles. The molecule has 1 fully saturated rings. The maximum atomic E-state index is 14.7. The maximum Gasteiger partial charge on any atom is 0.233 e. The minimum atomic E-state index is -1.10. The van der Waals surface area contributed by atoms with Crippen LogP contribution >= 0.6 is 38.5 Å². The summed E-state index contributed by atoms with van der Waals surface area (Å²) in [5, 5.41) is 2.83. The lowest BCUT2D eigenvalue weighted by Gasteiger charge is -2.21. The number of nitrogens with zero attached hydrogens (tertiary/aromatic N) is 2. The molecule has 1 aromatic carbocycles. The number of nitrogens with one attached hydrogen (secondary N) is 1. The molecule has 0 radical (unpaired) electrons. The summed E-state index contributed by atoms with van der Waals surface area (Å²) in [4.78, 5) is 19.3. The highest BCUT2D eigenvalue weighted by atomic mass is 127. The molecular weight excluding hydrogens is 543 g/mol. The minimum absolute atomic E-state index is 0.0667. The second-order valence-electron chi connectivity index (χ2n) is 6.89. The van der Waals surface area contributed by atoms with Crippen LogP contribution in [0.4, 0.5) is 14.5 Å². The van der Waals surface area contributed by atoms with Gasteiger partial charge in [-0.25, -0.2) is 13.8 Å². The zero-order chi connectivity index (χ0) is 20.3. The average Bonchev–Trinajstić information content (AvgIpc) is 3.17. The fourth-order valence-corrected chi connectivity index (χ4v) is 4.38. The number of allylic oxidation sites excluding steroid dienone is 3. The first-order chi connectivity index (χ1) is 13.4. The van der Waals surface area contributed by atoms with E-state index >= 15 is 0 Å². The predicted molar refractivity (Wildman–Crippen MR) is 119 cm³/mol. The van der Waals surface area contributed by atoms with Crippen molar-refractivity contribution in [2.45, 2.75) is 19.8 Å².